The molecule has 0 saturated carbocycles. The van der Waals surface area contributed by atoms with Crippen molar-refractivity contribution >= 4 is 40.6 Å². The number of hydrogen-bond donors (Lipinski definition) is 3. The van der Waals surface area contributed by atoms with Crippen molar-refractivity contribution in [3.8, 4) is 0 Å². The third-order valence-corrected chi connectivity index (χ3v) is 6.13. The normalized spacial score (nSPS) is 11.7. The average Bonchev–Trinajstić information content (AvgIpc) is 3.20. The van der Waals surface area contributed by atoms with E-state index in [0.717, 1.165) is 5.56 Å². The third-order valence-electron chi connectivity index (χ3n) is 5.28. The summed E-state index contributed by atoms with van der Waals surface area (Å²) in [5, 5.41) is 2.75. The molecule has 1 heterocycles. The van der Waals surface area contributed by atoms with Gasteiger partial charge in [-0.05, 0) is 54.7 Å². The lowest BCUT2D eigenvalue weighted by molar-refractivity contribution is -0.122. The van der Waals surface area contributed by atoms with Crippen LogP contribution in [0, 0.1) is 19.7 Å². The Hall–Kier alpha value is -3.83. The molecule has 5 N–H and O–H groups in total. The van der Waals surface area contributed by atoms with Gasteiger partial charge in [-0.1, -0.05) is 29.8 Å². The summed E-state index contributed by atoms with van der Waals surface area (Å²) in [5.74, 6) is -2.53. The number of aromatic nitrogens is 1. The number of nitrogens with two attached hydrogens (primary N) is 2. The van der Waals surface area contributed by atoms with Crippen LogP contribution in [0.2, 0.25) is 0 Å². The molecular formula is C24H26FN5O4S. The number of primary amides is 1. The first-order valence-corrected chi connectivity index (χ1v) is 11.4. The van der Waals surface area contributed by atoms with Crippen molar-refractivity contribution in [1.29, 1.82) is 0 Å². The molecule has 0 spiro atoms. The number of anilines is 2. The number of nitrogens with one attached hydrogen (secondary N) is 1. The van der Waals surface area contributed by atoms with Gasteiger partial charge >= 0.3 is 0 Å². The van der Waals surface area contributed by atoms with Crippen LogP contribution in [0.4, 0.5) is 15.8 Å². The van der Waals surface area contributed by atoms with Crippen molar-refractivity contribution < 1.29 is 23.5 Å². The first-order valence-electron chi connectivity index (χ1n) is 10.6. The molecule has 0 unspecified atom stereocenters. The predicted molar refractivity (Wildman–Crippen MR) is 132 cm³/mol. The van der Waals surface area contributed by atoms with Gasteiger partial charge in [-0.3, -0.25) is 19.3 Å². The highest BCUT2D eigenvalue weighted by atomic mass is 32.1. The van der Waals surface area contributed by atoms with Crippen molar-refractivity contribution in [2.45, 2.75) is 19.9 Å². The van der Waals surface area contributed by atoms with Gasteiger partial charge in [0.05, 0.1) is 12.3 Å². The summed E-state index contributed by atoms with van der Waals surface area (Å²) in [6, 6.07) is 9.48. The molecule has 11 heteroatoms. The number of halogens is 1. The van der Waals surface area contributed by atoms with Gasteiger partial charge in [0.2, 0.25) is 5.91 Å². The second-order valence-electron chi connectivity index (χ2n) is 7.84. The zero-order valence-electron chi connectivity index (χ0n) is 19.5. The molecule has 0 bridgehead atoms. The van der Waals surface area contributed by atoms with E-state index in [1.807, 2.05) is 13.0 Å². The summed E-state index contributed by atoms with van der Waals surface area (Å²) >= 11 is 0.714. The van der Waals surface area contributed by atoms with Crippen molar-refractivity contribution in [1.82, 2.24) is 9.69 Å². The van der Waals surface area contributed by atoms with Crippen LogP contribution >= 0.6 is 11.5 Å². The van der Waals surface area contributed by atoms with Gasteiger partial charge in [0, 0.05) is 19.3 Å². The van der Waals surface area contributed by atoms with Crippen molar-refractivity contribution in [3.63, 3.8) is 0 Å². The van der Waals surface area contributed by atoms with Crippen LogP contribution in [0.25, 0.3) is 0 Å². The fourth-order valence-electron chi connectivity index (χ4n) is 3.62. The summed E-state index contributed by atoms with van der Waals surface area (Å²) in [6.07, 6.45) is 0. The van der Waals surface area contributed by atoms with E-state index in [-0.39, 0.29) is 29.4 Å². The van der Waals surface area contributed by atoms with Crippen LogP contribution in [0.15, 0.2) is 42.5 Å². The Balaban J connectivity index is 2.21. The Labute approximate surface area is 206 Å². The molecule has 3 amide bonds. The summed E-state index contributed by atoms with van der Waals surface area (Å²) in [5.41, 5.74) is 13.5. The van der Waals surface area contributed by atoms with Crippen LogP contribution < -0.4 is 21.7 Å². The maximum Gasteiger partial charge on any atom is 0.273 e. The maximum absolute atomic E-state index is 13.9. The Morgan fingerprint density at radius 2 is 1.86 bits per heavy atom. The summed E-state index contributed by atoms with van der Waals surface area (Å²) < 4.78 is 22.7. The largest absolute Gasteiger partial charge is 0.395 e. The molecule has 0 aliphatic carbocycles. The fraction of sp³-hybridized carbons (Fsp3) is 0.250. The number of amides is 3. The van der Waals surface area contributed by atoms with Gasteiger partial charge in [-0.25, -0.2) is 4.39 Å². The first kappa shape index (κ1) is 25.8. The SMILES string of the molecule is COCCNC(=O)[C@@H](c1ccc(F)cc1)N(C(=O)c1snc(C(N)=O)c1N)c1ccc(C)cc1C. The smallest absolute Gasteiger partial charge is 0.273 e. The first-order chi connectivity index (χ1) is 16.6. The molecule has 0 radical (unpaired) electrons. The van der Waals surface area contributed by atoms with Crippen molar-refractivity contribution in [3.05, 3.63) is 75.5 Å². The minimum Gasteiger partial charge on any atom is -0.395 e. The molecule has 35 heavy (non-hydrogen) atoms. The van der Waals surface area contributed by atoms with Gasteiger partial charge in [0.25, 0.3) is 11.8 Å². The van der Waals surface area contributed by atoms with Gasteiger partial charge in [0.1, 0.15) is 16.7 Å². The van der Waals surface area contributed by atoms with Crippen LogP contribution in [0.5, 0.6) is 0 Å². The van der Waals surface area contributed by atoms with Gasteiger partial charge in [-0.15, -0.1) is 0 Å². The van der Waals surface area contributed by atoms with Crippen LogP contribution in [0.1, 0.15) is 42.9 Å². The highest BCUT2D eigenvalue weighted by Crippen LogP contribution is 2.35. The minimum absolute atomic E-state index is 0.0458. The molecule has 9 nitrogen and oxygen atoms in total. The minimum atomic E-state index is -1.19. The molecule has 0 fully saturated rings. The molecule has 3 rings (SSSR count). The van der Waals surface area contributed by atoms with E-state index < -0.39 is 29.6 Å². The highest BCUT2D eigenvalue weighted by Gasteiger charge is 2.36. The summed E-state index contributed by atoms with van der Waals surface area (Å²) in [6.45, 7) is 4.15. The molecule has 0 aliphatic heterocycles. The number of carbonyl (C=O) groups excluding carboxylic acids is 3. The van der Waals surface area contributed by atoms with E-state index >= 15 is 0 Å². The summed E-state index contributed by atoms with van der Waals surface area (Å²) in [7, 11) is 1.50. The third kappa shape index (κ3) is 5.64. The predicted octanol–water partition coefficient (Wildman–Crippen LogP) is 2.73. The zero-order chi connectivity index (χ0) is 25.7. The topological polar surface area (TPSA) is 141 Å². The van der Waals surface area contributed by atoms with Crippen molar-refractivity contribution in [2.75, 3.05) is 30.9 Å². The summed E-state index contributed by atoms with van der Waals surface area (Å²) in [4.78, 5) is 40.3. The Morgan fingerprint density at radius 1 is 1.17 bits per heavy atom. The number of carbonyl (C=O) groups is 3. The van der Waals surface area contributed by atoms with E-state index in [0.29, 0.717) is 28.3 Å². The number of nitrogen functional groups attached to an aromatic ring is 1. The number of hydrogen-bond acceptors (Lipinski definition) is 7. The number of rotatable bonds is 9. The van der Waals surface area contributed by atoms with E-state index in [1.54, 1.807) is 19.1 Å². The Bertz CT molecular complexity index is 1250. The molecule has 2 aromatic carbocycles. The van der Waals surface area contributed by atoms with Crippen LogP contribution in [-0.4, -0.2) is 42.4 Å². The van der Waals surface area contributed by atoms with Gasteiger partial charge in [0.15, 0.2) is 5.69 Å². The molecule has 184 valence electrons. The maximum atomic E-state index is 13.9. The van der Waals surface area contributed by atoms with E-state index in [9.17, 15) is 18.8 Å². The van der Waals surface area contributed by atoms with E-state index in [1.165, 1.54) is 36.3 Å². The van der Waals surface area contributed by atoms with E-state index in [4.69, 9.17) is 16.2 Å². The molecule has 1 atom stereocenters. The molecule has 3 aromatic rings. The Kier molecular flexibility index (Phi) is 8.15. The number of benzene rings is 2. The monoisotopic (exact) mass is 499 g/mol. The standard InChI is InChI=1S/C24H26FN5O4S/c1-13-4-9-17(14(2)12-13)30(24(33)21-18(26)19(22(27)31)29-35-21)20(23(32)28-10-11-34-3)15-5-7-16(25)8-6-15/h4-9,12,20H,10-11,26H2,1-3H3,(H2,27,31)(H,28,32)/t20-/m1/s1. The highest BCUT2D eigenvalue weighted by molar-refractivity contribution is 7.09. The number of ether oxygens (including phenoxy) is 1. The Morgan fingerprint density at radius 3 is 2.43 bits per heavy atom. The average molecular weight is 500 g/mol. The fourth-order valence-corrected chi connectivity index (χ4v) is 4.36. The number of aryl methyl sites for hydroxylation is 2. The number of methoxy groups -OCH3 is 1. The second kappa shape index (κ2) is 11.1. The lowest BCUT2D eigenvalue weighted by Crippen LogP contribution is -2.45. The number of nitrogens with zero attached hydrogens (tertiary/aromatic N) is 2. The van der Waals surface area contributed by atoms with Crippen LogP contribution in [0.3, 0.4) is 0 Å². The zero-order valence-corrected chi connectivity index (χ0v) is 20.3. The molecule has 0 aliphatic rings. The molecule has 1 aromatic heterocycles. The quantitative estimate of drug-likeness (QED) is 0.387. The van der Waals surface area contributed by atoms with Gasteiger partial charge < -0.3 is 21.5 Å². The molecule has 0 saturated heterocycles. The van der Waals surface area contributed by atoms with Crippen LogP contribution in [-0.2, 0) is 9.53 Å². The van der Waals surface area contributed by atoms with Gasteiger partial charge in [-0.2, -0.15) is 4.37 Å². The molecular weight excluding hydrogens is 473 g/mol. The van der Waals surface area contributed by atoms with E-state index in [2.05, 4.69) is 9.69 Å². The lowest BCUT2D eigenvalue weighted by Gasteiger charge is -2.32. The second-order valence-corrected chi connectivity index (χ2v) is 8.61. The van der Waals surface area contributed by atoms with Crippen molar-refractivity contribution in [2.24, 2.45) is 5.73 Å². The lowest BCUT2D eigenvalue weighted by atomic mass is 10.0.